The molecule has 2 aliphatic heterocycles. The lowest BCUT2D eigenvalue weighted by molar-refractivity contribution is 0.00570. The Kier molecular flexibility index (Phi) is 10.8. The standard InChI is InChI=1S/C21H27N3O2.C15H21NO3/c1-21(2,3)26-20(25)16-8-10-17(11-9-16)24-14-12-18(15-24)23(4)19-7-5-6-13-22-19;1-15(2,3)19-14(18)11-4-6-12(7-5-11)16-9-8-13(17)10-16/h5-11,13,18H,12,14-15H2,1-4H3;4-7,13,17H,8-10H2,1-3H3/t18-;13-/m01/s1. The number of ether oxygens (including phenoxy) is 2. The van der Waals surface area contributed by atoms with E-state index >= 15 is 0 Å². The van der Waals surface area contributed by atoms with Crippen molar-refractivity contribution in [2.45, 2.75) is 77.7 Å². The smallest absolute Gasteiger partial charge is 0.338 e. The van der Waals surface area contributed by atoms with Gasteiger partial charge in [-0.2, -0.15) is 0 Å². The Morgan fingerprint density at radius 3 is 1.67 bits per heavy atom. The summed E-state index contributed by atoms with van der Waals surface area (Å²) in [4.78, 5) is 35.2. The number of esters is 2. The van der Waals surface area contributed by atoms with Crippen LogP contribution in [0, 0.1) is 0 Å². The Balaban J connectivity index is 0.000000215. The maximum Gasteiger partial charge on any atom is 0.338 e. The molecular weight excluding hydrogens is 568 g/mol. The number of pyridine rings is 1. The second-order valence-corrected chi connectivity index (χ2v) is 13.7. The second-order valence-electron chi connectivity index (χ2n) is 13.7. The van der Waals surface area contributed by atoms with Crippen LogP contribution in [0.5, 0.6) is 0 Å². The zero-order chi connectivity index (χ0) is 32.8. The van der Waals surface area contributed by atoms with Crippen LogP contribution in [0.1, 0.15) is 75.1 Å². The zero-order valence-corrected chi connectivity index (χ0v) is 27.7. The summed E-state index contributed by atoms with van der Waals surface area (Å²) in [6, 6.07) is 21.5. The van der Waals surface area contributed by atoms with E-state index in [1.165, 1.54) is 0 Å². The number of benzene rings is 2. The van der Waals surface area contributed by atoms with E-state index in [1.54, 1.807) is 12.1 Å². The molecule has 2 aliphatic rings. The monoisotopic (exact) mass is 616 g/mol. The molecule has 9 heteroatoms. The molecule has 0 radical (unpaired) electrons. The average molecular weight is 617 g/mol. The van der Waals surface area contributed by atoms with Gasteiger partial charge in [-0.05, 0) is 115 Å². The first-order chi connectivity index (χ1) is 21.2. The van der Waals surface area contributed by atoms with E-state index in [2.05, 4.69) is 26.7 Å². The summed E-state index contributed by atoms with van der Waals surface area (Å²) in [6.45, 7) is 14.6. The van der Waals surface area contributed by atoms with E-state index in [4.69, 9.17) is 9.47 Å². The summed E-state index contributed by atoms with van der Waals surface area (Å²) in [6.07, 6.45) is 3.47. The molecule has 2 saturated heterocycles. The molecule has 0 aliphatic carbocycles. The van der Waals surface area contributed by atoms with Crippen LogP contribution >= 0.6 is 0 Å². The third-order valence-electron chi connectivity index (χ3n) is 7.62. The van der Waals surface area contributed by atoms with Gasteiger partial charge in [0.05, 0.1) is 17.2 Å². The maximum absolute atomic E-state index is 12.1. The number of nitrogens with zero attached hydrogens (tertiary/aromatic N) is 4. The lowest BCUT2D eigenvalue weighted by Crippen LogP contribution is -2.35. The first kappa shape index (κ1) is 33.8. The number of carbonyl (C=O) groups is 2. The second kappa shape index (κ2) is 14.3. The van der Waals surface area contributed by atoms with Crippen LogP contribution < -0.4 is 14.7 Å². The molecule has 1 aromatic heterocycles. The number of carbonyl (C=O) groups excluding carboxylic acids is 2. The molecule has 45 heavy (non-hydrogen) atoms. The highest BCUT2D eigenvalue weighted by Crippen LogP contribution is 2.26. The van der Waals surface area contributed by atoms with Crippen LogP contribution in [-0.4, -0.2) is 78.6 Å². The number of β-amino-alcohol motifs (C(OH)–C–C–N with tert-alkyl or cyclic N) is 1. The van der Waals surface area contributed by atoms with Crippen molar-refractivity contribution in [1.82, 2.24) is 4.98 Å². The number of hydrogen-bond acceptors (Lipinski definition) is 9. The van der Waals surface area contributed by atoms with Crippen molar-refractivity contribution >= 4 is 29.1 Å². The van der Waals surface area contributed by atoms with Crippen molar-refractivity contribution in [1.29, 1.82) is 0 Å². The molecule has 0 unspecified atom stereocenters. The average Bonchev–Trinajstić information content (AvgIpc) is 3.66. The van der Waals surface area contributed by atoms with Gasteiger partial charge in [-0.25, -0.2) is 14.6 Å². The minimum absolute atomic E-state index is 0.245. The van der Waals surface area contributed by atoms with E-state index in [9.17, 15) is 14.7 Å². The molecule has 2 atom stereocenters. The summed E-state index contributed by atoms with van der Waals surface area (Å²) in [5, 5.41) is 9.52. The molecule has 1 N–H and O–H groups in total. The highest BCUT2D eigenvalue weighted by molar-refractivity contribution is 5.90. The SMILES string of the molecule is CC(C)(C)OC(=O)c1ccc(N2CC[C@@H](O)C2)cc1.CN(c1ccccn1)[C@H]1CCN(c2ccc(C(=O)OC(C)(C)C)cc2)C1. The summed E-state index contributed by atoms with van der Waals surface area (Å²) in [7, 11) is 2.10. The largest absolute Gasteiger partial charge is 0.456 e. The lowest BCUT2D eigenvalue weighted by Gasteiger charge is -2.26. The normalized spacial score (nSPS) is 18.2. The molecule has 5 rings (SSSR count). The van der Waals surface area contributed by atoms with Gasteiger partial charge >= 0.3 is 11.9 Å². The van der Waals surface area contributed by atoms with E-state index in [0.717, 1.165) is 49.7 Å². The number of aliphatic hydroxyl groups excluding tert-OH is 1. The maximum atomic E-state index is 12.1. The molecule has 0 saturated carbocycles. The zero-order valence-electron chi connectivity index (χ0n) is 27.7. The quantitative estimate of drug-likeness (QED) is 0.337. The van der Waals surface area contributed by atoms with Crippen molar-refractivity contribution in [2.75, 3.05) is 47.9 Å². The third-order valence-corrected chi connectivity index (χ3v) is 7.62. The van der Waals surface area contributed by atoms with Gasteiger partial charge in [0.15, 0.2) is 0 Å². The van der Waals surface area contributed by atoms with Gasteiger partial charge in [0.25, 0.3) is 0 Å². The number of anilines is 3. The molecule has 3 aromatic rings. The summed E-state index contributed by atoms with van der Waals surface area (Å²) < 4.78 is 10.7. The highest BCUT2D eigenvalue weighted by atomic mass is 16.6. The predicted molar refractivity (Wildman–Crippen MR) is 179 cm³/mol. The van der Waals surface area contributed by atoms with Gasteiger partial charge in [-0.1, -0.05) is 6.07 Å². The predicted octanol–water partition coefficient (Wildman–Crippen LogP) is 5.96. The number of likely N-dealkylation sites (N-methyl/N-ethyl adjacent to an activating group) is 1. The van der Waals surface area contributed by atoms with Gasteiger partial charge in [0.1, 0.15) is 17.0 Å². The molecule has 2 fully saturated rings. The Hall–Kier alpha value is -4.11. The molecule has 9 nitrogen and oxygen atoms in total. The van der Waals surface area contributed by atoms with Crippen molar-refractivity contribution < 1.29 is 24.2 Å². The van der Waals surface area contributed by atoms with Crippen molar-refractivity contribution in [3.63, 3.8) is 0 Å². The molecule has 242 valence electrons. The summed E-state index contributed by atoms with van der Waals surface area (Å²) in [5.41, 5.74) is 2.35. The van der Waals surface area contributed by atoms with E-state index in [0.29, 0.717) is 23.7 Å². The van der Waals surface area contributed by atoms with Gasteiger partial charge in [-0.15, -0.1) is 0 Å². The molecular formula is C36H48N4O5. The number of aliphatic hydroxyl groups is 1. The topological polar surface area (TPSA) is 95.4 Å². The van der Waals surface area contributed by atoms with Gasteiger partial charge in [-0.3, -0.25) is 0 Å². The van der Waals surface area contributed by atoms with E-state index in [1.807, 2.05) is 102 Å². The Bertz CT molecular complexity index is 1400. The molecule has 3 heterocycles. The minimum atomic E-state index is -0.478. The van der Waals surface area contributed by atoms with Gasteiger partial charge in [0.2, 0.25) is 0 Å². The van der Waals surface area contributed by atoms with Crippen LogP contribution in [0.4, 0.5) is 17.2 Å². The summed E-state index contributed by atoms with van der Waals surface area (Å²) >= 11 is 0. The number of hydrogen-bond donors (Lipinski definition) is 1. The first-order valence-corrected chi connectivity index (χ1v) is 15.7. The van der Waals surface area contributed by atoms with Crippen LogP contribution in [0.2, 0.25) is 0 Å². The fraction of sp³-hybridized carbons (Fsp3) is 0.472. The van der Waals surface area contributed by atoms with Crippen LogP contribution in [0.15, 0.2) is 72.9 Å². The van der Waals surface area contributed by atoms with Crippen LogP contribution in [-0.2, 0) is 9.47 Å². The Morgan fingerprint density at radius 1 is 0.756 bits per heavy atom. The number of rotatable bonds is 6. The fourth-order valence-electron chi connectivity index (χ4n) is 5.31. The van der Waals surface area contributed by atoms with Crippen molar-refractivity contribution in [3.05, 3.63) is 84.1 Å². The van der Waals surface area contributed by atoms with Crippen LogP contribution in [0.3, 0.4) is 0 Å². The lowest BCUT2D eigenvalue weighted by atomic mass is 10.1. The molecule has 0 spiro atoms. The van der Waals surface area contributed by atoms with Crippen molar-refractivity contribution in [2.24, 2.45) is 0 Å². The molecule has 0 bridgehead atoms. The molecule has 2 aromatic carbocycles. The van der Waals surface area contributed by atoms with E-state index < -0.39 is 11.2 Å². The summed E-state index contributed by atoms with van der Waals surface area (Å²) in [5.74, 6) is 0.415. The Labute approximate surface area is 267 Å². The van der Waals surface area contributed by atoms with Crippen molar-refractivity contribution in [3.8, 4) is 0 Å². The fourth-order valence-corrected chi connectivity index (χ4v) is 5.31. The van der Waals surface area contributed by atoms with Crippen LogP contribution in [0.25, 0.3) is 0 Å². The highest BCUT2D eigenvalue weighted by Gasteiger charge is 2.27. The van der Waals surface area contributed by atoms with Gasteiger partial charge in [0, 0.05) is 56.8 Å². The number of aromatic nitrogens is 1. The Morgan fingerprint density at radius 2 is 1.24 bits per heavy atom. The van der Waals surface area contributed by atoms with Gasteiger partial charge < -0.3 is 29.3 Å². The third kappa shape index (κ3) is 9.94. The van der Waals surface area contributed by atoms with E-state index in [-0.39, 0.29) is 18.0 Å². The first-order valence-electron chi connectivity index (χ1n) is 15.7. The molecule has 0 amide bonds. The minimum Gasteiger partial charge on any atom is -0.456 e.